The molecule has 17 heteroatoms. The molecule has 0 unspecified atom stereocenters. The van der Waals surface area contributed by atoms with Crippen LogP contribution in [-0.2, 0) is 0 Å². The van der Waals surface area contributed by atoms with Crippen LogP contribution in [0.3, 0.4) is 0 Å². The molecule has 58 heavy (non-hydrogen) atoms. The van der Waals surface area contributed by atoms with Crippen molar-refractivity contribution in [2.24, 2.45) is 0 Å². The highest BCUT2D eigenvalue weighted by Gasteiger charge is 2.19. The standard InChI is InChI=1S/C21H14FN3O3S.C20H12FN3O4S/c1-12-2-9-17-19(10-12)29-21(24-17)13-3-6-15(7-4-13)23-20(26)14-5-8-16(22)18(11-14)25(27)28;21-15-7-3-12(9-17(15)24(27)28)19(26)22-13-4-1-11(2-5-13)20-23-16-8-6-14(25)10-18(16)29-20/h2-11H,1H3,(H,23,26);1-10,25H,(H,22,26). The van der Waals surface area contributed by atoms with Crippen LogP contribution in [0.25, 0.3) is 41.6 Å². The number of nitro groups is 2. The van der Waals surface area contributed by atoms with Crippen molar-refractivity contribution in [1.82, 2.24) is 9.97 Å². The average molecular weight is 817 g/mol. The first-order valence-electron chi connectivity index (χ1n) is 17.0. The number of thiazole rings is 2. The highest BCUT2D eigenvalue weighted by atomic mass is 32.1. The molecule has 8 aromatic rings. The summed E-state index contributed by atoms with van der Waals surface area (Å²) in [5, 5.41) is 38.1. The van der Waals surface area contributed by atoms with Gasteiger partial charge in [-0.3, -0.25) is 29.8 Å². The Bertz CT molecular complexity index is 2700. The van der Waals surface area contributed by atoms with Gasteiger partial charge < -0.3 is 15.7 Å². The van der Waals surface area contributed by atoms with E-state index >= 15 is 0 Å². The van der Waals surface area contributed by atoms with E-state index in [1.807, 2.05) is 31.2 Å². The molecule has 288 valence electrons. The van der Waals surface area contributed by atoms with Crippen molar-refractivity contribution in [2.75, 3.05) is 10.6 Å². The highest BCUT2D eigenvalue weighted by Crippen LogP contribution is 2.34. The van der Waals surface area contributed by atoms with Gasteiger partial charge in [0, 0.05) is 45.8 Å². The van der Waals surface area contributed by atoms with Gasteiger partial charge in [-0.15, -0.1) is 22.7 Å². The summed E-state index contributed by atoms with van der Waals surface area (Å²) in [6.45, 7) is 2.03. The maximum Gasteiger partial charge on any atom is 0.305 e. The Morgan fingerprint density at radius 1 is 0.603 bits per heavy atom. The molecule has 2 heterocycles. The molecule has 3 N–H and O–H groups in total. The van der Waals surface area contributed by atoms with Crippen LogP contribution in [0.1, 0.15) is 26.3 Å². The SMILES string of the molecule is Cc1ccc2nc(-c3ccc(NC(=O)c4ccc(F)c([N+](=O)[O-])c4)cc3)sc2c1.O=C(Nc1ccc(-c2nc3ccc(O)cc3s2)cc1)c1ccc(F)c([N+](=O)[O-])c1. The van der Waals surface area contributed by atoms with Crippen molar-refractivity contribution in [2.45, 2.75) is 6.92 Å². The number of hydrogen-bond donors (Lipinski definition) is 3. The predicted molar refractivity (Wildman–Crippen MR) is 219 cm³/mol. The third-order valence-corrected chi connectivity index (χ3v) is 10.6. The van der Waals surface area contributed by atoms with Gasteiger partial charge in [-0.1, -0.05) is 6.07 Å². The molecule has 2 aromatic heterocycles. The average Bonchev–Trinajstić information content (AvgIpc) is 3.83. The summed E-state index contributed by atoms with van der Waals surface area (Å²) in [6.07, 6.45) is 0. The van der Waals surface area contributed by atoms with E-state index in [1.54, 1.807) is 65.9 Å². The number of rotatable bonds is 8. The van der Waals surface area contributed by atoms with Gasteiger partial charge in [0.2, 0.25) is 11.6 Å². The van der Waals surface area contributed by atoms with Gasteiger partial charge >= 0.3 is 11.4 Å². The Morgan fingerprint density at radius 2 is 1.03 bits per heavy atom. The molecule has 0 fully saturated rings. The van der Waals surface area contributed by atoms with Crippen LogP contribution in [0.5, 0.6) is 5.75 Å². The summed E-state index contributed by atoms with van der Waals surface area (Å²) in [5.74, 6) is -2.96. The van der Waals surface area contributed by atoms with Crippen molar-refractivity contribution in [3.63, 3.8) is 0 Å². The van der Waals surface area contributed by atoms with E-state index in [2.05, 4.69) is 26.7 Å². The number of benzene rings is 6. The number of hydrogen-bond acceptors (Lipinski definition) is 11. The third-order valence-electron chi connectivity index (χ3n) is 8.51. The number of anilines is 2. The maximum atomic E-state index is 13.4. The number of nitrogens with zero attached hydrogens (tertiary/aromatic N) is 4. The first-order chi connectivity index (χ1) is 27.8. The largest absolute Gasteiger partial charge is 0.508 e. The van der Waals surface area contributed by atoms with E-state index in [9.17, 15) is 43.7 Å². The highest BCUT2D eigenvalue weighted by molar-refractivity contribution is 7.22. The molecule has 0 spiro atoms. The monoisotopic (exact) mass is 816 g/mol. The number of amides is 2. The first kappa shape index (κ1) is 38.8. The zero-order chi connectivity index (χ0) is 41.1. The Balaban J connectivity index is 0.000000177. The zero-order valence-corrected chi connectivity index (χ0v) is 31.4. The van der Waals surface area contributed by atoms with Gasteiger partial charge in [0.1, 0.15) is 15.8 Å². The van der Waals surface area contributed by atoms with E-state index in [0.29, 0.717) is 11.4 Å². The number of carbonyl (C=O) groups is 2. The van der Waals surface area contributed by atoms with Crippen molar-refractivity contribution < 1.29 is 33.3 Å². The molecule has 2 amide bonds. The van der Waals surface area contributed by atoms with Crippen LogP contribution >= 0.6 is 22.7 Å². The van der Waals surface area contributed by atoms with E-state index in [-0.39, 0.29) is 16.9 Å². The number of phenolic OH excluding ortho intramolecular Hbond substituents is 1. The molecule has 0 bridgehead atoms. The van der Waals surface area contributed by atoms with Gasteiger partial charge in [0.25, 0.3) is 11.8 Å². The van der Waals surface area contributed by atoms with Crippen LogP contribution < -0.4 is 10.6 Å². The number of phenols is 1. The van der Waals surface area contributed by atoms with Crippen molar-refractivity contribution in [3.05, 3.63) is 170 Å². The summed E-state index contributed by atoms with van der Waals surface area (Å²) < 4.78 is 28.8. The van der Waals surface area contributed by atoms with Gasteiger partial charge in [0.05, 0.1) is 30.3 Å². The smallest absolute Gasteiger partial charge is 0.305 e. The lowest BCUT2D eigenvalue weighted by atomic mass is 10.1. The molecule has 0 aliphatic rings. The number of halogens is 2. The van der Waals surface area contributed by atoms with Crippen molar-refractivity contribution in [1.29, 1.82) is 0 Å². The van der Waals surface area contributed by atoms with E-state index in [0.717, 1.165) is 65.8 Å². The number of aromatic hydroxyl groups is 1. The Hall–Kier alpha value is -7.50. The van der Waals surface area contributed by atoms with E-state index in [4.69, 9.17) is 0 Å². The Morgan fingerprint density at radius 3 is 1.48 bits per heavy atom. The molecular formula is C41H26F2N6O7S2. The number of aromatic nitrogens is 2. The fraction of sp³-hybridized carbons (Fsp3) is 0.0244. The third kappa shape index (κ3) is 8.65. The lowest BCUT2D eigenvalue weighted by molar-refractivity contribution is -0.387. The van der Waals surface area contributed by atoms with Crippen LogP contribution in [-0.4, -0.2) is 36.7 Å². The lowest BCUT2D eigenvalue weighted by Crippen LogP contribution is -2.12. The van der Waals surface area contributed by atoms with Crippen molar-refractivity contribution >= 4 is 77.7 Å². The van der Waals surface area contributed by atoms with Gasteiger partial charge in [-0.05, 0) is 116 Å². The quantitative estimate of drug-likeness (QED) is 0.0989. The Labute approximate surface area is 334 Å². The molecule has 0 aliphatic heterocycles. The number of fused-ring (bicyclic) bond motifs is 2. The predicted octanol–water partition coefficient (Wildman–Crippen LogP) is 10.5. The first-order valence-corrected chi connectivity index (χ1v) is 18.6. The fourth-order valence-electron chi connectivity index (χ4n) is 5.58. The van der Waals surface area contributed by atoms with Crippen LogP contribution in [0.4, 0.5) is 31.5 Å². The number of carbonyl (C=O) groups excluding carboxylic acids is 2. The minimum atomic E-state index is -1.000. The normalized spacial score (nSPS) is 10.8. The summed E-state index contributed by atoms with van der Waals surface area (Å²) in [6, 6.07) is 31.1. The second-order valence-electron chi connectivity index (χ2n) is 12.6. The lowest BCUT2D eigenvalue weighted by Gasteiger charge is -2.06. The molecule has 0 saturated carbocycles. The summed E-state index contributed by atoms with van der Waals surface area (Å²) in [4.78, 5) is 53.7. The zero-order valence-electron chi connectivity index (χ0n) is 29.8. The molecule has 8 rings (SSSR count). The van der Waals surface area contributed by atoms with E-state index < -0.39 is 44.7 Å². The van der Waals surface area contributed by atoms with Crippen LogP contribution in [0.2, 0.25) is 0 Å². The van der Waals surface area contributed by atoms with Crippen molar-refractivity contribution in [3.8, 4) is 26.9 Å². The molecule has 6 aromatic carbocycles. The van der Waals surface area contributed by atoms with Gasteiger partial charge in [-0.25, -0.2) is 9.97 Å². The maximum absolute atomic E-state index is 13.4. The summed E-state index contributed by atoms with van der Waals surface area (Å²) >= 11 is 3.02. The Kier molecular flexibility index (Phi) is 10.9. The van der Waals surface area contributed by atoms with Crippen LogP contribution in [0, 0.1) is 38.8 Å². The number of aryl methyl sites for hydroxylation is 1. The topological polar surface area (TPSA) is 190 Å². The number of nitro benzene ring substituents is 2. The van der Waals surface area contributed by atoms with Gasteiger partial charge in [-0.2, -0.15) is 8.78 Å². The summed E-state index contributed by atoms with van der Waals surface area (Å²) in [7, 11) is 0. The van der Waals surface area contributed by atoms with Crippen LogP contribution in [0.15, 0.2) is 121 Å². The van der Waals surface area contributed by atoms with E-state index in [1.165, 1.54) is 29.0 Å². The fourth-order valence-corrected chi connectivity index (χ4v) is 7.65. The molecule has 0 radical (unpaired) electrons. The summed E-state index contributed by atoms with van der Waals surface area (Å²) in [5.41, 5.74) is 4.12. The minimum Gasteiger partial charge on any atom is -0.508 e. The molecule has 0 saturated heterocycles. The van der Waals surface area contributed by atoms with Gasteiger partial charge in [0.15, 0.2) is 0 Å². The number of nitrogens with one attached hydrogen (secondary N) is 2. The molecule has 0 aliphatic carbocycles. The molecular weight excluding hydrogens is 791 g/mol. The second kappa shape index (κ2) is 16.3. The molecule has 0 atom stereocenters. The molecule has 13 nitrogen and oxygen atoms in total. The second-order valence-corrected chi connectivity index (χ2v) is 14.6. The minimum absolute atomic E-state index is 0.00344.